The fourth-order valence-electron chi connectivity index (χ4n) is 3.85. The number of para-hydroxylation sites is 2. The highest BCUT2D eigenvalue weighted by molar-refractivity contribution is 7.98. The molecule has 1 N–H and O–H groups in total. The van der Waals surface area contributed by atoms with Gasteiger partial charge in [-0.1, -0.05) is 53.7 Å². The summed E-state index contributed by atoms with van der Waals surface area (Å²) in [6.45, 7) is 4.01. The third-order valence-corrected chi connectivity index (χ3v) is 6.54. The number of hydrogen-bond donors (Lipinski definition) is 1. The fourth-order valence-corrected chi connectivity index (χ4v) is 4.67. The second kappa shape index (κ2) is 9.15. The first-order chi connectivity index (χ1) is 16.5. The molecule has 0 unspecified atom stereocenters. The summed E-state index contributed by atoms with van der Waals surface area (Å²) < 4.78 is 7.58. The highest BCUT2D eigenvalue weighted by Crippen LogP contribution is 2.34. The van der Waals surface area contributed by atoms with Crippen LogP contribution in [-0.2, 0) is 5.75 Å². The molecule has 0 atom stereocenters. The average molecular weight is 470 g/mol. The van der Waals surface area contributed by atoms with Gasteiger partial charge in [0.25, 0.3) is 5.56 Å². The number of rotatable bonds is 6. The molecule has 0 aliphatic heterocycles. The van der Waals surface area contributed by atoms with E-state index in [-0.39, 0.29) is 5.56 Å². The molecule has 7 nitrogen and oxygen atoms in total. The fraction of sp³-hybridized carbons (Fsp3) is 0.154. The normalized spacial score (nSPS) is 11.1. The zero-order valence-corrected chi connectivity index (χ0v) is 19.9. The number of benzene rings is 3. The van der Waals surface area contributed by atoms with Crippen molar-refractivity contribution in [3.63, 3.8) is 0 Å². The van der Waals surface area contributed by atoms with Crippen LogP contribution in [-0.4, -0.2) is 31.8 Å². The van der Waals surface area contributed by atoms with Crippen LogP contribution >= 0.6 is 11.8 Å². The standard InChI is InChI=1S/C26H23N5O2S/c1-16-11-13-18(14-12-16)31-24(19-8-4-5-10-21(19)33-3)29-30-26(31)34-15-22-27-23-17(2)7-6-9-20(23)25(32)28-22/h4-14H,15H2,1-3H3,(H,27,28,32). The van der Waals surface area contributed by atoms with Crippen molar-refractivity contribution < 1.29 is 4.74 Å². The van der Waals surface area contributed by atoms with Gasteiger partial charge in [0, 0.05) is 5.69 Å². The molecule has 0 amide bonds. The second-order valence-corrected chi connectivity index (χ2v) is 8.89. The molecule has 0 radical (unpaired) electrons. The molecular formula is C26H23N5O2S. The van der Waals surface area contributed by atoms with E-state index in [9.17, 15) is 4.79 Å². The number of aromatic nitrogens is 5. The molecule has 8 heteroatoms. The molecule has 0 aliphatic rings. The molecule has 0 fully saturated rings. The van der Waals surface area contributed by atoms with Crippen LogP contribution in [0, 0.1) is 13.8 Å². The predicted molar refractivity (Wildman–Crippen MR) is 135 cm³/mol. The van der Waals surface area contributed by atoms with Gasteiger partial charge >= 0.3 is 0 Å². The van der Waals surface area contributed by atoms with Crippen LogP contribution < -0.4 is 10.3 Å². The summed E-state index contributed by atoms with van der Waals surface area (Å²) in [7, 11) is 1.64. The molecule has 3 aromatic carbocycles. The monoisotopic (exact) mass is 469 g/mol. The maximum Gasteiger partial charge on any atom is 0.258 e. The molecule has 0 saturated heterocycles. The summed E-state index contributed by atoms with van der Waals surface area (Å²) in [6, 6.07) is 21.6. The van der Waals surface area contributed by atoms with Crippen molar-refractivity contribution in [1.82, 2.24) is 24.7 Å². The Labute approximate surface area is 200 Å². The van der Waals surface area contributed by atoms with E-state index in [0.717, 1.165) is 33.6 Å². The van der Waals surface area contributed by atoms with Crippen LogP contribution in [0.4, 0.5) is 0 Å². The number of H-pyrrole nitrogens is 1. The van der Waals surface area contributed by atoms with E-state index in [2.05, 4.69) is 34.2 Å². The molecular weight excluding hydrogens is 446 g/mol. The van der Waals surface area contributed by atoms with E-state index in [1.807, 2.05) is 60.0 Å². The zero-order valence-electron chi connectivity index (χ0n) is 19.1. The van der Waals surface area contributed by atoms with Gasteiger partial charge < -0.3 is 9.72 Å². The summed E-state index contributed by atoms with van der Waals surface area (Å²) in [5.41, 5.74) is 4.50. The molecule has 0 spiro atoms. The topological polar surface area (TPSA) is 85.7 Å². The van der Waals surface area contributed by atoms with Crippen molar-refractivity contribution in [2.24, 2.45) is 0 Å². The number of thioether (sulfide) groups is 1. The Balaban J connectivity index is 1.56. The van der Waals surface area contributed by atoms with Crippen molar-refractivity contribution >= 4 is 22.7 Å². The third kappa shape index (κ3) is 4.08. The lowest BCUT2D eigenvalue weighted by molar-refractivity contribution is 0.416. The summed E-state index contributed by atoms with van der Waals surface area (Å²) in [5, 5.41) is 10.3. The zero-order chi connectivity index (χ0) is 23.7. The smallest absolute Gasteiger partial charge is 0.258 e. The maximum absolute atomic E-state index is 12.6. The van der Waals surface area contributed by atoms with E-state index < -0.39 is 0 Å². The van der Waals surface area contributed by atoms with Crippen molar-refractivity contribution in [3.05, 3.63) is 94.0 Å². The quantitative estimate of drug-likeness (QED) is 0.349. The minimum Gasteiger partial charge on any atom is -0.496 e. The van der Waals surface area contributed by atoms with Gasteiger partial charge in [-0.2, -0.15) is 0 Å². The lowest BCUT2D eigenvalue weighted by Crippen LogP contribution is -2.12. The minimum absolute atomic E-state index is 0.140. The molecule has 0 bridgehead atoms. The number of fused-ring (bicyclic) bond motifs is 1. The first-order valence-electron chi connectivity index (χ1n) is 10.8. The van der Waals surface area contributed by atoms with Gasteiger partial charge in [0.2, 0.25) is 0 Å². The van der Waals surface area contributed by atoms with Crippen molar-refractivity contribution in [2.45, 2.75) is 24.8 Å². The summed E-state index contributed by atoms with van der Waals surface area (Å²) in [5.74, 6) is 2.43. The molecule has 0 saturated carbocycles. The minimum atomic E-state index is -0.140. The highest BCUT2D eigenvalue weighted by Gasteiger charge is 2.19. The Morgan fingerprint density at radius 3 is 2.56 bits per heavy atom. The van der Waals surface area contributed by atoms with E-state index in [4.69, 9.17) is 9.72 Å². The van der Waals surface area contributed by atoms with E-state index in [0.29, 0.717) is 27.9 Å². The first-order valence-corrected chi connectivity index (χ1v) is 11.8. The third-order valence-electron chi connectivity index (χ3n) is 5.60. The lowest BCUT2D eigenvalue weighted by Gasteiger charge is -2.13. The number of nitrogens with one attached hydrogen (secondary N) is 1. The number of hydrogen-bond acceptors (Lipinski definition) is 6. The van der Waals surface area contributed by atoms with Crippen LogP contribution in [0.3, 0.4) is 0 Å². The molecule has 170 valence electrons. The Hall–Kier alpha value is -3.91. The van der Waals surface area contributed by atoms with Crippen LogP contribution in [0.25, 0.3) is 28.0 Å². The summed E-state index contributed by atoms with van der Waals surface area (Å²) in [4.78, 5) is 20.2. The highest BCUT2D eigenvalue weighted by atomic mass is 32.2. The molecule has 0 aliphatic carbocycles. The van der Waals surface area contributed by atoms with Gasteiger partial charge in [-0.25, -0.2) is 4.98 Å². The van der Waals surface area contributed by atoms with Crippen LogP contribution in [0.2, 0.25) is 0 Å². The Kier molecular flexibility index (Phi) is 5.90. The average Bonchev–Trinajstić information content (AvgIpc) is 3.27. The van der Waals surface area contributed by atoms with Crippen molar-refractivity contribution in [2.75, 3.05) is 7.11 Å². The second-order valence-electron chi connectivity index (χ2n) is 7.95. The molecule has 5 rings (SSSR count). The predicted octanol–water partition coefficient (Wildman–Crippen LogP) is 5.09. The van der Waals surface area contributed by atoms with Gasteiger partial charge in [-0.3, -0.25) is 9.36 Å². The van der Waals surface area contributed by atoms with Crippen molar-refractivity contribution in [3.8, 4) is 22.8 Å². The van der Waals surface area contributed by atoms with E-state index in [1.54, 1.807) is 13.2 Å². The molecule has 2 aromatic heterocycles. The van der Waals surface area contributed by atoms with Gasteiger partial charge in [0.05, 0.1) is 29.3 Å². The number of methoxy groups -OCH3 is 1. The number of ether oxygens (including phenoxy) is 1. The molecule has 5 aromatic rings. The molecule has 2 heterocycles. The van der Waals surface area contributed by atoms with E-state index in [1.165, 1.54) is 11.8 Å². The lowest BCUT2D eigenvalue weighted by atomic mass is 10.1. The number of aromatic amines is 1. The Morgan fingerprint density at radius 1 is 0.971 bits per heavy atom. The van der Waals surface area contributed by atoms with Crippen molar-refractivity contribution in [1.29, 1.82) is 0 Å². The van der Waals surface area contributed by atoms with Crippen LogP contribution in [0.15, 0.2) is 76.7 Å². The van der Waals surface area contributed by atoms with Gasteiger partial charge in [0.15, 0.2) is 11.0 Å². The van der Waals surface area contributed by atoms with E-state index >= 15 is 0 Å². The molecule has 34 heavy (non-hydrogen) atoms. The van der Waals surface area contributed by atoms with Gasteiger partial charge in [-0.05, 0) is 49.7 Å². The Morgan fingerprint density at radius 2 is 1.76 bits per heavy atom. The summed E-state index contributed by atoms with van der Waals surface area (Å²) in [6.07, 6.45) is 0. The largest absolute Gasteiger partial charge is 0.496 e. The Bertz CT molecular complexity index is 1540. The van der Waals surface area contributed by atoms with Crippen LogP contribution in [0.5, 0.6) is 5.75 Å². The first kappa shape index (κ1) is 21.9. The van der Waals surface area contributed by atoms with Gasteiger partial charge in [-0.15, -0.1) is 10.2 Å². The number of nitrogens with zero attached hydrogens (tertiary/aromatic N) is 4. The summed E-state index contributed by atoms with van der Waals surface area (Å²) >= 11 is 1.47. The number of aryl methyl sites for hydroxylation is 2. The van der Waals surface area contributed by atoms with Crippen LogP contribution in [0.1, 0.15) is 17.0 Å². The van der Waals surface area contributed by atoms with Gasteiger partial charge in [0.1, 0.15) is 11.6 Å². The maximum atomic E-state index is 12.6. The SMILES string of the molecule is COc1ccccc1-c1nnc(SCc2nc3c(C)cccc3c(=O)[nH]2)n1-c1ccc(C)cc1.